The van der Waals surface area contributed by atoms with Crippen LogP contribution < -0.4 is 0 Å². The van der Waals surface area contributed by atoms with E-state index in [-0.39, 0.29) is 5.78 Å². The first-order valence-corrected chi connectivity index (χ1v) is 6.33. The fraction of sp³-hybridized carbons (Fsp3) is 0.0625. The van der Waals surface area contributed by atoms with Crippen LogP contribution >= 0.6 is 11.6 Å². The van der Waals surface area contributed by atoms with Gasteiger partial charge < -0.3 is 4.42 Å². The standard InChI is InChI=1S/C16H11ClO2/c1-10-6-9-15(19-10)16(18)13-7-8-14(17)12-5-3-2-4-11(12)13/h2-9H,1H3. The molecule has 0 N–H and O–H groups in total. The van der Waals surface area contributed by atoms with Crippen LogP contribution in [0.1, 0.15) is 21.9 Å². The quantitative estimate of drug-likeness (QED) is 0.636. The van der Waals surface area contributed by atoms with Crippen LogP contribution in [0.25, 0.3) is 10.8 Å². The number of benzene rings is 2. The second kappa shape index (κ2) is 4.56. The molecule has 2 aromatic carbocycles. The second-order valence-corrected chi connectivity index (χ2v) is 4.79. The van der Waals surface area contributed by atoms with Crippen molar-refractivity contribution < 1.29 is 9.21 Å². The van der Waals surface area contributed by atoms with Gasteiger partial charge >= 0.3 is 0 Å². The SMILES string of the molecule is Cc1ccc(C(=O)c2ccc(Cl)c3ccccc23)o1. The Balaban J connectivity index is 2.21. The van der Waals surface area contributed by atoms with Gasteiger partial charge in [0.25, 0.3) is 0 Å². The van der Waals surface area contributed by atoms with Gasteiger partial charge in [0.1, 0.15) is 5.76 Å². The summed E-state index contributed by atoms with van der Waals surface area (Å²) in [6.45, 7) is 1.82. The van der Waals surface area contributed by atoms with Gasteiger partial charge in [0.2, 0.25) is 5.78 Å². The zero-order valence-corrected chi connectivity index (χ0v) is 11.1. The van der Waals surface area contributed by atoms with Crippen molar-refractivity contribution in [3.63, 3.8) is 0 Å². The molecule has 19 heavy (non-hydrogen) atoms. The molecule has 94 valence electrons. The maximum Gasteiger partial charge on any atom is 0.228 e. The van der Waals surface area contributed by atoms with Crippen LogP contribution in [-0.4, -0.2) is 5.78 Å². The zero-order chi connectivity index (χ0) is 13.4. The van der Waals surface area contributed by atoms with Gasteiger partial charge in [0.15, 0.2) is 5.76 Å². The number of fused-ring (bicyclic) bond motifs is 1. The maximum absolute atomic E-state index is 12.4. The first kappa shape index (κ1) is 12.0. The fourth-order valence-electron chi connectivity index (χ4n) is 2.15. The van der Waals surface area contributed by atoms with E-state index >= 15 is 0 Å². The molecule has 0 unspecified atom stereocenters. The topological polar surface area (TPSA) is 30.2 Å². The van der Waals surface area contributed by atoms with Gasteiger partial charge in [-0.15, -0.1) is 0 Å². The molecule has 2 nitrogen and oxygen atoms in total. The van der Waals surface area contributed by atoms with E-state index in [0.29, 0.717) is 16.3 Å². The summed E-state index contributed by atoms with van der Waals surface area (Å²) in [4.78, 5) is 12.4. The van der Waals surface area contributed by atoms with Gasteiger partial charge in [-0.25, -0.2) is 0 Å². The van der Waals surface area contributed by atoms with E-state index in [1.807, 2.05) is 31.2 Å². The first-order chi connectivity index (χ1) is 9.16. The minimum atomic E-state index is -0.124. The number of ketones is 1. The number of rotatable bonds is 2. The summed E-state index contributed by atoms with van der Waals surface area (Å²) in [7, 11) is 0. The number of aryl methyl sites for hydroxylation is 1. The summed E-state index contributed by atoms with van der Waals surface area (Å²) < 4.78 is 5.40. The maximum atomic E-state index is 12.4. The van der Waals surface area contributed by atoms with Gasteiger partial charge in [-0.05, 0) is 36.6 Å². The highest BCUT2D eigenvalue weighted by Gasteiger charge is 2.16. The van der Waals surface area contributed by atoms with E-state index in [9.17, 15) is 4.79 Å². The summed E-state index contributed by atoms with van der Waals surface area (Å²) in [5.74, 6) is 0.951. The van der Waals surface area contributed by atoms with Gasteiger partial charge in [-0.3, -0.25) is 4.79 Å². The molecule has 3 aromatic rings. The average Bonchev–Trinajstić information content (AvgIpc) is 2.86. The van der Waals surface area contributed by atoms with Crippen LogP contribution in [0.4, 0.5) is 0 Å². The minimum Gasteiger partial charge on any atom is -0.458 e. The molecule has 3 rings (SSSR count). The lowest BCUT2D eigenvalue weighted by molar-refractivity contribution is 0.101. The average molecular weight is 271 g/mol. The second-order valence-electron chi connectivity index (χ2n) is 4.38. The monoisotopic (exact) mass is 270 g/mol. The van der Waals surface area contributed by atoms with Gasteiger partial charge in [0, 0.05) is 16.0 Å². The van der Waals surface area contributed by atoms with Crippen molar-refractivity contribution in [2.24, 2.45) is 0 Å². The van der Waals surface area contributed by atoms with Crippen molar-refractivity contribution in [1.82, 2.24) is 0 Å². The largest absolute Gasteiger partial charge is 0.458 e. The van der Waals surface area contributed by atoms with E-state index in [2.05, 4.69) is 0 Å². The summed E-state index contributed by atoms with van der Waals surface area (Å²) in [6.07, 6.45) is 0. The van der Waals surface area contributed by atoms with Crippen LogP contribution in [0.15, 0.2) is 52.9 Å². The number of carbonyl (C=O) groups is 1. The Morgan fingerprint density at radius 3 is 2.42 bits per heavy atom. The molecule has 0 fully saturated rings. The van der Waals surface area contributed by atoms with Crippen molar-refractivity contribution in [2.45, 2.75) is 6.92 Å². The van der Waals surface area contributed by atoms with Crippen LogP contribution in [0.3, 0.4) is 0 Å². The van der Waals surface area contributed by atoms with E-state index in [4.69, 9.17) is 16.0 Å². The highest BCUT2D eigenvalue weighted by molar-refractivity contribution is 6.36. The van der Waals surface area contributed by atoms with Crippen molar-refractivity contribution >= 4 is 28.2 Å². The highest BCUT2D eigenvalue weighted by Crippen LogP contribution is 2.28. The molecule has 0 bridgehead atoms. The van der Waals surface area contributed by atoms with E-state index in [1.165, 1.54) is 0 Å². The summed E-state index contributed by atoms with van der Waals surface area (Å²) in [6, 6.07) is 14.6. The molecular weight excluding hydrogens is 260 g/mol. The van der Waals surface area contributed by atoms with E-state index in [0.717, 1.165) is 16.5 Å². The molecule has 0 saturated heterocycles. The van der Waals surface area contributed by atoms with Crippen molar-refractivity contribution in [3.8, 4) is 0 Å². The Hall–Kier alpha value is -2.06. The molecule has 1 aromatic heterocycles. The number of furan rings is 1. The molecule has 0 aliphatic carbocycles. The Morgan fingerprint density at radius 1 is 1.00 bits per heavy atom. The summed E-state index contributed by atoms with van der Waals surface area (Å²) in [5.41, 5.74) is 0.606. The molecule has 3 heteroatoms. The lowest BCUT2D eigenvalue weighted by Gasteiger charge is -2.05. The van der Waals surface area contributed by atoms with Crippen LogP contribution in [0.5, 0.6) is 0 Å². The molecular formula is C16H11ClO2. The van der Waals surface area contributed by atoms with Crippen molar-refractivity contribution in [2.75, 3.05) is 0 Å². The third-order valence-corrected chi connectivity index (χ3v) is 3.41. The molecule has 0 spiro atoms. The minimum absolute atomic E-state index is 0.124. The van der Waals surface area contributed by atoms with Crippen LogP contribution in [-0.2, 0) is 0 Å². The predicted octanol–water partition coefficient (Wildman–Crippen LogP) is 4.63. The van der Waals surface area contributed by atoms with Crippen LogP contribution in [0, 0.1) is 6.92 Å². The summed E-state index contributed by atoms with van der Waals surface area (Å²) >= 11 is 6.15. The zero-order valence-electron chi connectivity index (χ0n) is 10.3. The molecule has 0 aliphatic heterocycles. The molecule has 0 amide bonds. The van der Waals surface area contributed by atoms with Crippen molar-refractivity contribution in [1.29, 1.82) is 0 Å². The lowest BCUT2D eigenvalue weighted by atomic mass is 10.0. The van der Waals surface area contributed by atoms with E-state index < -0.39 is 0 Å². The third-order valence-electron chi connectivity index (χ3n) is 3.08. The predicted molar refractivity (Wildman–Crippen MR) is 75.8 cm³/mol. The first-order valence-electron chi connectivity index (χ1n) is 5.95. The van der Waals surface area contributed by atoms with Gasteiger partial charge in [-0.2, -0.15) is 0 Å². The van der Waals surface area contributed by atoms with Gasteiger partial charge in [-0.1, -0.05) is 35.9 Å². The Labute approximate surface area is 115 Å². The van der Waals surface area contributed by atoms with E-state index in [1.54, 1.807) is 24.3 Å². The Kier molecular flexibility index (Phi) is 2.88. The Bertz CT molecular complexity index is 771. The third kappa shape index (κ3) is 2.04. The summed E-state index contributed by atoms with van der Waals surface area (Å²) in [5, 5.41) is 2.36. The normalized spacial score (nSPS) is 10.8. The number of hydrogen-bond acceptors (Lipinski definition) is 2. The lowest BCUT2D eigenvalue weighted by Crippen LogP contribution is -2.00. The van der Waals surface area contributed by atoms with Crippen molar-refractivity contribution in [3.05, 3.63) is 70.6 Å². The molecule has 0 aliphatic rings. The smallest absolute Gasteiger partial charge is 0.228 e. The Morgan fingerprint density at radius 2 is 1.74 bits per heavy atom. The number of carbonyl (C=O) groups excluding carboxylic acids is 1. The van der Waals surface area contributed by atoms with Crippen LogP contribution in [0.2, 0.25) is 5.02 Å². The highest BCUT2D eigenvalue weighted by atomic mass is 35.5. The molecule has 0 saturated carbocycles. The number of halogens is 1. The van der Waals surface area contributed by atoms with Gasteiger partial charge in [0.05, 0.1) is 0 Å². The number of hydrogen-bond donors (Lipinski definition) is 0. The molecule has 0 atom stereocenters. The molecule has 0 radical (unpaired) electrons. The fourth-order valence-corrected chi connectivity index (χ4v) is 2.38. The molecule has 1 heterocycles.